The monoisotopic (exact) mass is 595 g/mol. The van der Waals surface area contributed by atoms with Crippen molar-refractivity contribution in [3.63, 3.8) is 0 Å². The van der Waals surface area contributed by atoms with Gasteiger partial charge in [0.1, 0.15) is 0 Å². The molecule has 1 aliphatic rings. The van der Waals surface area contributed by atoms with E-state index in [4.69, 9.17) is 0 Å². The molecule has 0 atom stereocenters. The average Bonchev–Trinajstić information content (AvgIpc) is 3.38. The molecular weight excluding hydrogens is 558 g/mol. The van der Waals surface area contributed by atoms with Gasteiger partial charge in [-0.25, -0.2) is 0 Å². The summed E-state index contributed by atoms with van der Waals surface area (Å²) in [4.78, 5) is 13.2. The van der Waals surface area contributed by atoms with Crippen LogP contribution >= 0.6 is 0 Å². The topological polar surface area (TPSA) is 38.1 Å². The minimum Gasteiger partial charge on any atom is -0.264 e. The largest absolute Gasteiger partial charge is 0.264 e. The van der Waals surface area contributed by atoms with Gasteiger partial charge in [-0.3, -0.25) is 15.0 Å². The van der Waals surface area contributed by atoms with Gasteiger partial charge in [0, 0.05) is 60.3 Å². The highest BCUT2D eigenvalue weighted by Crippen LogP contribution is 2.34. The van der Waals surface area contributed by atoms with Crippen LogP contribution in [0.15, 0.2) is 152 Å². The van der Waals surface area contributed by atoms with Crippen LogP contribution in [0.1, 0.15) is 49.4 Å². The van der Waals surface area contributed by atoms with E-state index in [0.29, 0.717) is 6.42 Å². The molecule has 46 heavy (non-hydrogen) atoms. The molecule has 0 unspecified atom stereocenters. The second-order valence-corrected chi connectivity index (χ2v) is 10.6. The lowest BCUT2D eigenvalue weighted by Crippen LogP contribution is -1.94. The normalized spacial score (nSPS) is 13.8. The fourth-order valence-corrected chi connectivity index (χ4v) is 5.28. The van der Waals surface area contributed by atoms with Crippen molar-refractivity contribution in [2.45, 2.75) is 27.2 Å². The molecule has 0 N–H and O–H groups in total. The number of pyridine rings is 2. The number of rotatable bonds is 10. The highest BCUT2D eigenvalue weighted by molar-refractivity contribution is 6.10. The zero-order chi connectivity index (χ0) is 32.1. The molecule has 224 valence electrons. The van der Waals surface area contributed by atoms with E-state index in [-0.39, 0.29) is 0 Å². The molecule has 2 aromatic carbocycles. The number of nitrogens with zero attached hydrogens (tertiary/aromatic N) is 3. The molecule has 0 saturated heterocycles. The highest BCUT2D eigenvalue weighted by Gasteiger charge is 2.13. The molecule has 1 aliphatic carbocycles. The molecule has 0 bridgehead atoms. The van der Waals surface area contributed by atoms with Gasteiger partial charge in [-0.2, -0.15) is 0 Å². The zero-order valence-electron chi connectivity index (χ0n) is 26.6. The SMILES string of the molecule is C=C/C=C\C(=C/C)c1cc(C2=CCC#CC(c3cc(C(/C=N\C=C/C)=C/C)cc(-c4cccnc4)c3)=C2)cc(-c2cccnc2)c1. The average molecular weight is 596 g/mol. The first-order valence-corrected chi connectivity index (χ1v) is 15.4. The summed E-state index contributed by atoms with van der Waals surface area (Å²) in [5.41, 5.74) is 12.9. The van der Waals surface area contributed by atoms with Crippen LogP contribution in [0.2, 0.25) is 0 Å². The van der Waals surface area contributed by atoms with Crippen LogP contribution in [0.25, 0.3) is 44.5 Å². The van der Waals surface area contributed by atoms with E-state index in [1.807, 2.05) is 56.7 Å². The van der Waals surface area contributed by atoms with Crippen molar-refractivity contribution in [2.75, 3.05) is 0 Å². The van der Waals surface area contributed by atoms with Crippen molar-refractivity contribution in [1.29, 1.82) is 0 Å². The molecule has 0 radical (unpaired) electrons. The van der Waals surface area contributed by atoms with Crippen LogP contribution in [-0.4, -0.2) is 16.2 Å². The van der Waals surface area contributed by atoms with Gasteiger partial charge in [0.25, 0.3) is 0 Å². The fourth-order valence-electron chi connectivity index (χ4n) is 5.28. The number of benzene rings is 2. The summed E-state index contributed by atoms with van der Waals surface area (Å²) in [6.45, 7) is 9.92. The van der Waals surface area contributed by atoms with Gasteiger partial charge >= 0.3 is 0 Å². The number of aromatic nitrogens is 2. The van der Waals surface area contributed by atoms with Crippen molar-refractivity contribution < 1.29 is 0 Å². The molecule has 3 nitrogen and oxygen atoms in total. The Morgan fingerprint density at radius 2 is 1.41 bits per heavy atom. The summed E-state index contributed by atoms with van der Waals surface area (Å²) in [5, 5.41) is 0. The van der Waals surface area contributed by atoms with Gasteiger partial charge in [0.15, 0.2) is 0 Å². The van der Waals surface area contributed by atoms with Gasteiger partial charge in [0.05, 0.1) is 0 Å². The van der Waals surface area contributed by atoms with Crippen molar-refractivity contribution in [1.82, 2.24) is 9.97 Å². The molecule has 0 saturated carbocycles. The third-order valence-electron chi connectivity index (χ3n) is 7.60. The Labute approximate surface area is 273 Å². The van der Waals surface area contributed by atoms with Gasteiger partial charge in [0.2, 0.25) is 0 Å². The zero-order valence-corrected chi connectivity index (χ0v) is 26.6. The third-order valence-corrected chi connectivity index (χ3v) is 7.60. The standard InChI is InChI=1S/C43H37N3/c1-5-9-14-32(7-3)38-23-40(27-42(24-38)36-17-12-20-45-30-36)34-15-10-11-16-35(22-34)41-25-39(33(8-4)29-44-19-6-2)26-43(28-41)37-18-13-21-46-31-37/h5-9,12-15,17-31H,1,10H2,2-4H3/b14-9-,19-6-,32-7+,33-8+,44-29-. The minimum atomic E-state index is 0.653. The maximum absolute atomic E-state index is 4.47. The number of hydrogen-bond donors (Lipinski definition) is 0. The van der Waals surface area contributed by atoms with E-state index in [1.54, 1.807) is 24.7 Å². The molecule has 2 heterocycles. The van der Waals surface area contributed by atoms with E-state index in [9.17, 15) is 0 Å². The molecule has 4 aromatic rings. The van der Waals surface area contributed by atoms with E-state index in [0.717, 1.165) is 66.8 Å². The van der Waals surface area contributed by atoms with Crippen molar-refractivity contribution in [3.8, 4) is 34.1 Å². The van der Waals surface area contributed by atoms with Crippen LogP contribution < -0.4 is 0 Å². The maximum Gasteiger partial charge on any atom is 0.0346 e. The van der Waals surface area contributed by atoms with Gasteiger partial charge < -0.3 is 0 Å². The summed E-state index contributed by atoms with van der Waals surface area (Å²) in [6, 6.07) is 21.4. The minimum absolute atomic E-state index is 0.653. The van der Waals surface area contributed by atoms with Gasteiger partial charge in [-0.05, 0) is 125 Å². The Morgan fingerprint density at radius 3 is 2.02 bits per heavy atom. The summed E-state index contributed by atoms with van der Waals surface area (Å²) < 4.78 is 0. The van der Waals surface area contributed by atoms with Crippen LogP contribution in [0.3, 0.4) is 0 Å². The molecule has 3 heteroatoms. The second-order valence-electron chi connectivity index (χ2n) is 10.6. The molecule has 2 aromatic heterocycles. The Morgan fingerprint density at radius 1 is 0.783 bits per heavy atom. The molecule has 0 aliphatic heterocycles. The number of aliphatic imine (C=N–C) groups is 1. The Kier molecular flexibility index (Phi) is 10.8. The summed E-state index contributed by atoms with van der Waals surface area (Å²) in [5.74, 6) is 6.85. The Balaban J connectivity index is 1.67. The Bertz CT molecular complexity index is 1990. The molecule has 0 amide bonds. The summed E-state index contributed by atoms with van der Waals surface area (Å²) in [6.07, 6.45) is 28.2. The molecular formula is C43H37N3. The van der Waals surface area contributed by atoms with E-state index >= 15 is 0 Å². The van der Waals surface area contributed by atoms with Crippen LogP contribution in [0.4, 0.5) is 0 Å². The first-order chi connectivity index (χ1) is 22.6. The lowest BCUT2D eigenvalue weighted by atomic mass is 9.90. The van der Waals surface area contributed by atoms with Crippen molar-refractivity contribution in [2.24, 2.45) is 4.99 Å². The number of allylic oxidation sites excluding steroid dienone is 12. The van der Waals surface area contributed by atoms with Crippen molar-refractivity contribution in [3.05, 3.63) is 169 Å². The maximum atomic E-state index is 4.47. The third kappa shape index (κ3) is 7.80. The fraction of sp³-hybridized carbons (Fsp3) is 0.0930. The quantitative estimate of drug-likeness (QED) is 0.104. The van der Waals surface area contributed by atoms with E-state index < -0.39 is 0 Å². The molecule has 0 spiro atoms. The van der Waals surface area contributed by atoms with E-state index in [2.05, 4.69) is 119 Å². The molecule has 0 fully saturated rings. The first kappa shape index (κ1) is 31.6. The van der Waals surface area contributed by atoms with Gasteiger partial charge in [-0.15, -0.1) is 0 Å². The summed E-state index contributed by atoms with van der Waals surface area (Å²) in [7, 11) is 0. The lowest BCUT2D eigenvalue weighted by molar-refractivity contribution is 1.33. The smallest absolute Gasteiger partial charge is 0.0346 e. The van der Waals surface area contributed by atoms with Gasteiger partial charge in [-0.1, -0.05) is 73.1 Å². The molecule has 5 rings (SSSR count). The van der Waals surface area contributed by atoms with Crippen molar-refractivity contribution >= 4 is 28.5 Å². The van der Waals surface area contributed by atoms with Crippen LogP contribution in [0, 0.1) is 11.8 Å². The summed E-state index contributed by atoms with van der Waals surface area (Å²) >= 11 is 0. The lowest BCUT2D eigenvalue weighted by Gasteiger charge is -2.14. The highest BCUT2D eigenvalue weighted by atomic mass is 14.7. The van der Waals surface area contributed by atoms with E-state index in [1.165, 1.54) is 0 Å². The Hall–Kier alpha value is -5.85. The predicted octanol–water partition coefficient (Wildman–Crippen LogP) is 10.8. The second kappa shape index (κ2) is 15.7. The predicted molar refractivity (Wildman–Crippen MR) is 198 cm³/mol. The first-order valence-electron chi connectivity index (χ1n) is 15.4. The van der Waals surface area contributed by atoms with Crippen LogP contribution in [-0.2, 0) is 0 Å². The number of hydrogen-bond acceptors (Lipinski definition) is 3. The van der Waals surface area contributed by atoms with Crippen LogP contribution in [0.5, 0.6) is 0 Å².